The van der Waals surface area contributed by atoms with Crippen LogP contribution in [0.1, 0.15) is 0 Å². The maximum absolute atomic E-state index is 5.37. The van der Waals surface area contributed by atoms with E-state index in [2.05, 4.69) is 10.1 Å². The van der Waals surface area contributed by atoms with E-state index in [0.717, 1.165) is 27.7 Å². The van der Waals surface area contributed by atoms with E-state index < -0.39 is 0 Å². The average Bonchev–Trinajstić information content (AvgIpc) is 2.98. The number of rotatable bonds is 3. The van der Waals surface area contributed by atoms with E-state index in [1.807, 2.05) is 24.4 Å². The Morgan fingerprint density at radius 1 is 1.22 bits per heavy atom. The lowest BCUT2D eigenvalue weighted by molar-refractivity contribution is 0.395. The van der Waals surface area contributed by atoms with E-state index in [1.54, 1.807) is 24.2 Å². The maximum atomic E-state index is 5.37. The first-order chi connectivity index (χ1) is 8.81. The molecule has 0 N–H and O–H groups in total. The first kappa shape index (κ1) is 11.0. The highest BCUT2D eigenvalue weighted by atomic mass is 32.1. The minimum absolute atomic E-state index is 0.736. The van der Waals surface area contributed by atoms with Crippen molar-refractivity contribution < 1.29 is 9.47 Å². The molecule has 5 nitrogen and oxygen atoms in total. The molecular weight excluding hydrogens is 250 g/mol. The van der Waals surface area contributed by atoms with Crippen molar-refractivity contribution in [3.63, 3.8) is 0 Å². The number of fused-ring (bicyclic) bond motifs is 1. The van der Waals surface area contributed by atoms with Crippen LogP contribution in [0.2, 0.25) is 0 Å². The summed E-state index contributed by atoms with van der Waals surface area (Å²) >= 11 is 1.50. The second kappa shape index (κ2) is 4.30. The number of benzene rings is 1. The first-order valence-electron chi connectivity index (χ1n) is 5.33. The van der Waals surface area contributed by atoms with Crippen LogP contribution in [0, 0.1) is 0 Å². The monoisotopic (exact) mass is 261 g/mol. The Bertz CT molecular complexity index is 661. The highest BCUT2D eigenvalue weighted by molar-refractivity contribution is 7.14. The van der Waals surface area contributed by atoms with Crippen LogP contribution < -0.4 is 9.47 Å². The third kappa shape index (κ3) is 1.70. The molecule has 2 heterocycles. The van der Waals surface area contributed by atoms with Crippen molar-refractivity contribution in [2.24, 2.45) is 0 Å². The van der Waals surface area contributed by atoms with Gasteiger partial charge in [-0.2, -0.15) is 5.10 Å². The zero-order valence-electron chi connectivity index (χ0n) is 9.95. The molecule has 18 heavy (non-hydrogen) atoms. The summed E-state index contributed by atoms with van der Waals surface area (Å²) in [5.74, 6) is 1.50. The zero-order valence-corrected chi connectivity index (χ0v) is 10.8. The van der Waals surface area contributed by atoms with Crippen LogP contribution in [0.3, 0.4) is 0 Å². The summed E-state index contributed by atoms with van der Waals surface area (Å²) in [7, 11) is 3.26. The largest absolute Gasteiger partial charge is 0.497 e. The molecule has 0 radical (unpaired) electrons. The number of ether oxygens (including phenoxy) is 2. The van der Waals surface area contributed by atoms with Gasteiger partial charge in [0.2, 0.25) is 4.96 Å². The fourth-order valence-electron chi connectivity index (χ4n) is 1.78. The third-order valence-electron chi connectivity index (χ3n) is 2.67. The summed E-state index contributed by atoms with van der Waals surface area (Å²) in [4.78, 5) is 5.37. The lowest BCUT2D eigenvalue weighted by atomic mass is 10.1. The van der Waals surface area contributed by atoms with E-state index in [0.29, 0.717) is 0 Å². The van der Waals surface area contributed by atoms with Gasteiger partial charge in [0, 0.05) is 11.6 Å². The van der Waals surface area contributed by atoms with Gasteiger partial charge in [0.05, 0.1) is 26.1 Å². The Morgan fingerprint density at radius 2 is 2.11 bits per heavy atom. The van der Waals surface area contributed by atoms with E-state index in [1.165, 1.54) is 11.3 Å². The molecule has 0 atom stereocenters. The molecule has 0 bridgehead atoms. The molecule has 0 aliphatic heterocycles. The molecule has 2 aromatic heterocycles. The van der Waals surface area contributed by atoms with Crippen LogP contribution in [-0.4, -0.2) is 28.8 Å². The molecule has 0 unspecified atom stereocenters. The fraction of sp³-hybridized carbons (Fsp3) is 0.167. The van der Waals surface area contributed by atoms with Crippen molar-refractivity contribution in [3.05, 3.63) is 29.9 Å². The molecule has 0 amide bonds. The summed E-state index contributed by atoms with van der Waals surface area (Å²) in [6, 6.07) is 5.67. The smallest absolute Gasteiger partial charge is 0.212 e. The average molecular weight is 261 g/mol. The van der Waals surface area contributed by atoms with Gasteiger partial charge in [0.25, 0.3) is 0 Å². The number of hydrogen-bond donors (Lipinski definition) is 0. The lowest BCUT2D eigenvalue weighted by Crippen LogP contribution is -1.90. The summed E-state index contributed by atoms with van der Waals surface area (Å²) in [6.45, 7) is 0. The van der Waals surface area contributed by atoms with Gasteiger partial charge in [-0.05, 0) is 12.1 Å². The fourth-order valence-corrected chi connectivity index (χ4v) is 2.38. The molecular formula is C12H11N3O2S. The van der Waals surface area contributed by atoms with Crippen molar-refractivity contribution in [3.8, 4) is 22.8 Å². The van der Waals surface area contributed by atoms with Crippen molar-refractivity contribution >= 4 is 16.3 Å². The van der Waals surface area contributed by atoms with Crippen LogP contribution in [0.4, 0.5) is 0 Å². The number of nitrogens with zero attached hydrogens (tertiary/aromatic N) is 3. The summed E-state index contributed by atoms with van der Waals surface area (Å²) < 4.78 is 12.3. The SMILES string of the molecule is COc1ccc(-c2cn3ncsc3n2)c(OC)c1. The molecule has 3 rings (SSSR count). The molecule has 0 aliphatic carbocycles. The summed E-state index contributed by atoms with van der Waals surface area (Å²) in [6.07, 6.45) is 1.89. The van der Waals surface area contributed by atoms with Crippen molar-refractivity contribution in [1.82, 2.24) is 14.6 Å². The van der Waals surface area contributed by atoms with Crippen LogP contribution in [0.25, 0.3) is 16.2 Å². The second-order valence-electron chi connectivity index (χ2n) is 3.66. The lowest BCUT2D eigenvalue weighted by Gasteiger charge is -2.08. The molecule has 92 valence electrons. The van der Waals surface area contributed by atoms with Crippen molar-refractivity contribution in [2.75, 3.05) is 14.2 Å². The van der Waals surface area contributed by atoms with Gasteiger partial charge >= 0.3 is 0 Å². The van der Waals surface area contributed by atoms with E-state index in [4.69, 9.17) is 9.47 Å². The minimum Gasteiger partial charge on any atom is -0.497 e. The number of hydrogen-bond acceptors (Lipinski definition) is 5. The Kier molecular flexibility index (Phi) is 2.64. The third-order valence-corrected chi connectivity index (χ3v) is 3.36. The molecule has 0 spiro atoms. The maximum Gasteiger partial charge on any atom is 0.212 e. The number of methoxy groups -OCH3 is 2. The standard InChI is InChI=1S/C12H11N3O2S/c1-16-8-3-4-9(11(5-8)17-2)10-6-15-12(14-10)18-7-13-15/h3-7H,1-2H3. The predicted molar refractivity (Wildman–Crippen MR) is 69.4 cm³/mol. The Hall–Kier alpha value is -2.08. The number of imidazole rings is 1. The van der Waals surface area contributed by atoms with E-state index in [-0.39, 0.29) is 0 Å². The highest BCUT2D eigenvalue weighted by Crippen LogP contribution is 2.32. The Balaban J connectivity index is 2.13. The molecule has 0 saturated carbocycles. The highest BCUT2D eigenvalue weighted by Gasteiger charge is 2.12. The Labute approximate surface area is 108 Å². The summed E-state index contributed by atoms with van der Waals surface area (Å²) in [5, 5.41) is 4.16. The van der Waals surface area contributed by atoms with Gasteiger partial charge in [-0.25, -0.2) is 9.50 Å². The van der Waals surface area contributed by atoms with Crippen LogP contribution >= 0.6 is 11.3 Å². The second-order valence-corrected chi connectivity index (χ2v) is 4.47. The van der Waals surface area contributed by atoms with E-state index in [9.17, 15) is 0 Å². The molecule has 3 aromatic rings. The Morgan fingerprint density at radius 3 is 2.83 bits per heavy atom. The minimum atomic E-state index is 0.736. The van der Waals surface area contributed by atoms with Gasteiger partial charge in [0.15, 0.2) is 0 Å². The van der Waals surface area contributed by atoms with Gasteiger partial charge in [-0.3, -0.25) is 0 Å². The van der Waals surface area contributed by atoms with Crippen LogP contribution in [0.5, 0.6) is 11.5 Å². The normalized spacial score (nSPS) is 10.8. The molecule has 6 heteroatoms. The topological polar surface area (TPSA) is 48.7 Å². The zero-order chi connectivity index (χ0) is 12.5. The molecule has 1 aromatic carbocycles. The van der Waals surface area contributed by atoms with Crippen LogP contribution in [0.15, 0.2) is 29.9 Å². The predicted octanol–water partition coefficient (Wildman–Crippen LogP) is 2.47. The summed E-state index contributed by atoms with van der Waals surface area (Å²) in [5.41, 5.74) is 3.53. The van der Waals surface area contributed by atoms with Gasteiger partial charge in [-0.1, -0.05) is 11.3 Å². The van der Waals surface area contributed by atoms with Crippen LogP contribution in [-0.2, 0) is 0 Å². The van der Waals surface area contributed by atoms with Gasteiger partial charge < -0.3 is 9.47 Å². The van der Waals surface area contributed by atoms with Gasteiger partial charge in [0.1, 0.15) is 17.0 Å². The van der Waals surface area contributed by atoms with Crippen molar-refractivity contribution in [2.45, 2.75) is 0 Å². The quantitative estimate of drug-likeness (QED) is 0.726. The van der Waals surface area contributed by atoms with Gasteiger partial charge in [-0.15, -0.1) is 0 Å². The van der Waals surface area contributed by atoms with E-state index >= 15 is 0 Å². The number of aromatic nitrogens is 3. The van der Waals surface area contributed by atoms with Crippen molar-refractivity contribution in [1.29, 1.82) is 0 Å². The molecule has 0 saturated heterocycles. The first-order valence-corrected chi connectivity index (χ1v) is 6.21. The molecule has 0 aliphatic rings. The molecule has 0 fully saturated rings.